The van der Waals surface area contributed by atoms with Gasteiger partial charge in [-0.05, 0) is 105 Å². The average Bonchev–Trinajstić information content (AvgIpc) is 3.92. The van der Waals surface area contributed by atoms with E-state index in [0.29, 0.717) is 5.89 Å². The molecule has 0 fully saturated rings. The third-order valence-corrected chi connectivity index (χ3v) is 13.9. The van der Waals surface area contributed by atoms with Crippen LogP contribution in [0.15, 0.2) is 132 Å². The summed E-state index contributed by atoms with van der Waals surface area (Å²) in [5.74, 6) is 0.630. The Kier molecular flexibility index (Phi) is 8.19. The van der Waals surface area contributed by atoms with Crippen LogP contribution in [0.1, 0.15) is 79.0 Å². The number of thiophene rings is 1. The third kappa shape index (κ3) is 6.05. The van der Waals surface area contributed by atoms with Crippen molar-refractivity contribution in [3.05, 3.63) is 144 Å². The molecule has 4 heterocycles. The van der Waals surface area contributed by atoms with Crippen molar-refractivity contribution in [2.45, 2.75) is 78.6 Å². The van der Waals surface area contributed by atoms with Crippen LogP contribution in [0, 0.1) is 0 Å². The predicted octanol–water partition coefficient (Wildman–Crippen LogP) is 14.2. The molecule has 6 heteroatoms. The highest BCUT2D eigenvalue weighted by Crippen LogP contribution is 2.50. The maximum atomic E-state index is 6.56. The van der Waals surface area contributed by atoms with Crippen molar-refractivity contribution >= 4 is 94.0 Å². The molecule has 1 radical (unpaired) electrons. The number of fused-ring (bicyclic) bond motifs is 10. The van der Waals surface area contributed by atoms with Crippen LogP contribution in [0.4, 0.5) is 11.4 Å². The first-order valence-corrected chi connectivity index (χ1v) is 22.3. The zero-order valence-corrected chi connectivity index (χ0v) is 37.2. The van der Waals surface area contributed by atoms with E-state index in [1.807, 2.05) is 29.5 Å². The van der Waals surface area contributed by atoms with Gasteiger partial charge in [-0.1, -0.05) is 128 Å². The Morgan fingerprint density at radius 1 is 0.639 bits per heavy atom. The molecule has 11 rings (SSSR count). The smallest absolute Gasteiger partial charge is 0.227 e. The minimum atomic E-state index is -0.0671. The SMILES string of the molecule is CC(C)(C)c1ccc(Nc2ccc(C(C)(C)C)cc2-c2c3c4c(c5cc(C(C)(C)C)ccc5n4-c4cc5oc(-c6ccccc6)nc5cc4[B]3)c3sc4ccccc4c23)cc1. The van der Waals surface area contributed by atoms with Crippen LogP contribution in [0.2, 0.25) is 0 Å². The first-order chi connectivity index (χ1) is 29.1. The number of oxazole rings is 1. The maximum absolute atomic E-state index is 6.56. The Morgan fingerprint density at radius 3 is 2.05 bits per heavy atom. The Labute approximate surface area is 362 Å². The van der Waals surface area contributed by atoms with E-state index >= 15 is 0 Å². The van der Waals surface area contributed by atoms with Gasteiger partial charge in [0.25, 0.3) is 0 Å². The predicted molar refractivity (Wildman–Crippen MR) is 263 cm³/mol. The summed E-state index contributed by atoms with van der Waals surface area (Å²) in [7, 11) is 2.43. The number of aromatic nitrogens is 2. The maximum Gasteiger partial charge on any atom is 0.227 e. The molecule has 61 heavy (non-hydrogen) atoms. The van der Waals surface area contributed by atoms with Gasteiger partial charge in [0.05, 0.1) is 11.0 Å². The number of anilines is 2. The molecule has 299 valence electrons. The highest BCUT2D eigenvalue weighted by atomic mass is 32.1. The number of hydrogen-bond donors (Lipinski definition) is 1. The summed E-state index contributed by atoms with van der Waals surface area (Å²) >= 11 is 1.92. The fraction of sp³-hybridized carbons (Fsp3) is 0.218. The minimum absolute atomic E-state index is 0.0201. The van der Waals surface area contributed by atoms with Crippen LogP contribution in [-0.4, -0.2) is 16.8 Å². The largest absolute Gasteiger partial charge is 0.436 e. The van der Waals surface area contributed by atoms with Gasteiger partial charge < -0.3 is 14.3 Å². The van der Waals surface area contributed by atoms with Crippen molar-refractivity contribution in [1.29, 1.82) is 0 Å². The van der Waals surface area contributed by atoms with E-state index in [1.165, 1.54) is 75.3 Å². The number of rotatable bonds is 4. The molecule has 1 N–H and O–H groups in total. The minimum Gasteiger partial charge on any atom is -0.436 e. The van der Waals surface area contributed by atoms with E-state index in [9.17, 15) is 0 Å². The van der Waals surface area contributed by atoms with E-state index in [-0.39, 0.29) is 16.2 Å². The molecule has 0 aliphatic carbocycles. The van der Waals surface area contributed by atoms with Gasteiger partial charge in [0.2, 0.25) is 5.89 Å². The van der Waals surface area contributed by atoms with Crippen molar-refractivity contribution in [1.82, 2.24) is 9.55 Å². The van der Waals surface area contributed by atoms with Crippen LogP contribution in [0.3, 0.4) is 0 Å². The van der Waals surface area contributed by atoms with E-state index in [1.54, 1.807) is 0 Å². The van der Waals surface area contributed by atoms with Crippen molar-refractivity contribution in [2.24, 2.45) is 0 Å². The lowest BCUT2D eigenvalue weighted by molar-refractivity contribution is 0.590. The second-order valence-corrected chi connectivity index (χ2v) is 21.1. The Hall–Kier alpha value is -6.11. The second-order valence-electron chi connectivity index (χ2n) is 20.0. The normalized spacial score (nSPS) is 13.1. The molecule has 0 saturated heterocycles. The quantitative estimate of drug-likeness (QED) is 0.180. The molecule has 3 aromatic heterocycles. The van der Waals surface area contributed by atoms with E-state index in [4.69, 9.17) is 9.40 Å². The topological polar surface area (TPSA) is 43.0 Å². The first-order valence-electron chi connectivity index (χ1n) is 21.5. The molecule has 7 aromatic carbocycles. The van der Waals surface area contributed by atoms with Gasteiger partial charge in [-0.25, -0.2) is 4.98 Å². The summed E-state index contributed by atoms with van der Waals surface area (Å²) in [4.78, 5) is 5.06. The fourth-order valence-electron chi connectivity index (χ4n) is 9.32. The summed E-state index contributed by atoms with van der Waals surface area (Å²) in [5.41, 5.74) is 17.0. The van der Waals surface area contributed by atoms with Gasteiger partial charge in [-0.15, -0.1) is 11.3 Å². The average molecular weight is 811 g/mol. The van der Waals surface area contributed by atoms with Crippen LogP contribution in [-0.2, 0) is 16.2 Å². The van der Waals surface area contributed by atoms with Gasteiger partial charge in [0.15, 0.2) is 12.9 Å². The molecular weight excluding hydrogens is 762 g/mol. The summed E-state index contributed by atoms with van der Waals surface area (Å²) in [5, 5.41) is 9.10. The highest BCUT2D eigenvalue weighted by molar-refractivity contribution is 7.27. The number of nitrogens with one attached hydrogen (secondary N) is 1. The summed E-state index contributed by atoms with van der Waals surface area (Å²) in [6, 6.07) is 46.8. The molecule has 0 spiro atoms. The van der Waals surface area contributed by atoms with Crippen LogP contribution < -0.4 is 16.2 Å². The van der Waals surface area contributed by atoms with Gasteiger partial charge in [-0.2, -0.15) is 0 Å². The Bertz CT molecular complexity index is 3400. The van der Waals surface area contributed by atoms with Crippen LogP contribution >= 0.6 is 11.3 Å². The molecule has 0 atom stereocenters. The second kappa shape index (κ2) is 13.2. The van der Waals surface area contributed by atoms with Gasteiger partial charge in [0.1, 0.15) is 5.52 Å². The standard InChI is InChI=1S/C55H49BN3OS/c1-53(2,3)32-19-23-35(24-20-32)57-40-25-21-33(54(4,5)6)27-37(40)46-47-36-17-13-14-18-45(36)61-51(47)48-38-28-34(55(7,8)9)22-26-42(38)59-43-30-44-41(29-39(43)56-49(46)50(48)59)58-52(60-44)31-15-11-10-12-16-31/h10-30,57H,1-9H3. The fourth-order valence-corrected chi connectivity index (χ4v) is 10.6. The monoisotopic (exact) mass is 810 g/mol. The van der Waals surface area contributed by atoms with E-state index < -0.39 is 0 Å². The van der Waals surface area contributed by atoms with E-state index in [2.05, 4.69) is 189 Å². The molecule has 0 bridgehead atoms. The zero-order chi connectivity index (χ0) is 42.2. The molecule has 4 nitrogen and oxygen atoms in total. The van der Waals surface area contributed by atoms with Crippen molar-refractivity contribution in [2.75, 3.05) is 5.32 Å². The van der Waals surface area contributed by atoms with Gasteiger partial charge >= 0.3 is 0 Å². The number of benzene rings is 7. The zero-order valence-electron chi connectivity index (χ0n) is 36.4. The Morgan fingerprint density at radius 2 is 1.31 bits per heavy atom. The summed E-state index contributed by atoms with van der Waals surface area (Å²) < 4.78 is 11.7. The summed E-state index contributed by atoms with van der Waals surface area (Å²) in [6.07, 6.45) is 0. The molecule has 1 aliphatic rings. The number of nitrogens with zero attached hydrogens (tertiary/aromatic N) is 2. The van der Waals surface area contributed by atoms with Gasteiger partial charge in [0, 0.05) is 65.2 Å². The van der Waals surface area contributed by atoms with E-state index in [0.717, 1.165) is 39.2 Å². The molecule has 0 saturated carbocycles. The lowest BCUT2D eigenvalue weighted by Crippen LogP contribution is -2.37. The summed E-state index contributed by atoms with van der Waals surface area (Å²) in [6.45, 7) is 20.7. The molecular formula is C55H49BN3OS. The molecule has 1 aliphatic heterocycles. The lowest BCUT2D eigenvalue weighted by atomic mass is 9.58. The molecule has 0 amide bonds. The van der Waals surface area contributed by atoms with Crippen molar-refractivity contribution in [3.8, 4) is 28.3 Å². The van der Waals surface area contributed by atoms with Crippen LogP contribution in [0.25, 0.3) is 81.3 Å². The molecule has 0 unspecified atom stereocenters. The Balaban J connectivity index is 1.27. The highest BCUT2D eigenvalue weighted by Gasteiger charge is 2.33. The number of hydrogen-bond acceptors (Lipinski definition) is 4. The first kappa shape index (κ1) is 37.9. The lowest BCUT2D eigenvalue weighted by Gasteiger charge is -2.27. The van der Waals surface area contributed by atoms with Gasteiger partial charge in [-0.3, -0.25) is 0 Å². The molecule has 10 aromatic rings. The third-order valence-electron chi connectivity index (χ3n) is 12.7. The van der Waals surface area contributed by atoms with Crippen LogP contribution in [0.5, 0.6) is 0 Å². The van der Waals surface area contributed by atoms with Crippen molar-refractivity contribution < 1.29 is 4.42 Å². The van der Waals surface area contributed by atoms with Crippen molar-refractivity contribution in [3.63, 3.8) is 0 Å².